The van der Waals surface area contributed by atoms with Gasteiger partial charge in [-0.05, 0) is 70.7 Å². The molecule has 1 aliphatic carbocycles. The summed E-state index contributed by atoms with van der Waals surface area (Å²) in [6, 6.07) is 13.1. The predicted octanol–water partition coefficient (Wildman–Crippen LogP) is 5.18. The first-order valence-corrected chi connectivity index (χ1v) is 8.96. The number of aromatic carboxylic acids is 1. The van der Waals surface area contributed by atoms with Crippen LogP contribution in [0.1, 0.15) is 67.6 Å². The van der Waals surface area contributed by atoms with Crippen LogP contribution in [0.25, 0.3) is 0 Å². The van der Waals surface area contributed by atoms with Crippen molar-refractivity contribution in [1.29, 1.82) is 0 Å². The fourth-order valence-corrected chi connectivity index (χ4v) is 3.56. The third kappa shape index (κ3) is 3.64. The molecule has 0 aromatic heterocycles. The molecule has 26 heavy (non-hydrogen) atoms. The molecule has 2 aromatic rings. The number of fused-ring (bicyclic) bond motifs is 1. The number of hydrogen-bond donors (Lipinski definition) is 2. The van der Waals surface area contributed by atoms with Crippen LogP contribution < -0.4 is 5.43 Å². The zero-order valence-electron chi connectivity index (χ0n) is 15.8. The number of carboxylic acids is 1. The lowest BCUT2D eigenvalue weighted by Gasteiger charge is -2.42. The van der Waals surface area contributed by atoms with E-state index < -0.39 is 5.97 Å². The summed E-state index contributed by atoms with van der Waals surface area (Å²) in [6.45, 7) is 9.25. The summed E-state index contributed by atoms with van der Waals surface area (Å²) in [5.41, 5.74) is 8.26. The molecule has 0 amide bonds. The summed E-state index contributed by atoms with van der Waals surface area (Å²) in [5, 5.41) is 13.2. The second-order valence-corrected chi connectivity index (χ2v) is 8.33. The molecule has 4 nitrogen and oxygen atoms in total. The molecule has 0 spiro atoms. The van der Waals surface area contributed by atoms with Gasteiger partial charge in [0, 0.05) is 0 Å². The first-order chi connectivity index (χ1) is 12.2. The smallest absolute Gasteiger partial charge is 0.335 e. The van der Waals surface area contributed by atoms with Crippen LogP contribution in [0.2, 0.25) is 0 Å². The van der Waals surface area contributed by atoms with E-state index in [4.69, 9.17) is 5.11 Å². The average molecular weight is 350 g/mol. The highest BCUT2D eigenvalue weighted by atomic mass is 16.4. The number of carboxylic acid groups (broad SMARTS) is 1. The Morgan fingerprint density at radius 1 is 1.00 bits per heavy atom. The number of nitrogens with one attached hydrogen (secondary N) is 1. The van der Waals surface area contributed by atoms with E-state index >= 15 is 0 Å². The van der Waals surface area contributed by atoms with Crippen LogP contribution >= 0.6 is 0 Å². The maximum absolute atomic E-state index is 10.9. The van der Waals surface area contributed by atoms with Gasteiger partial charge >= 0.3 is 5.97 Å². The van der Waals surface area contributed by atoms with Gasteiger partial charge in [-0.3, -0.25) is 5.43 Å². The summed E-state index contributed by atoms with van der Waals surface area (Å²) in [6.07, 6.45) is 4.19. The van der Waals surface area contributed by atoms with Gasteiger partial charge in [-0.25, -0.2) is 4.79 Å². The van der Waals surface area contributed by atoms with Crippen molar-refractivity contribution in [2.45, 2.75) is 51.4 Å². The molecule has 0 bridgehead atoms. The number of rotatable bonds is 4. The Balaban J connectivity index is 1.78. The van der Waals surface area contributed by atoms with Crippen molar-refractivity contribution in [2.75, 3.05) is 5.43 Å². The predicted molar refractivity (Wildman–Crippen MR) is 106 cm³/mol. The van der Waals surface area contributed by atoms with Gasteiger partial charge < -0.3 is 5.11 Å². The summed E-state index contributed by atoms with van der Waals surface area (Å²) < 4.78 is 0. The zero-order chi connectivity index (χ0) is 18.9. The molecule has 0 saturated carbocycles. The Kier molecular flexibility index (Phi) is 4.61. The number of anilines is 1. The molecule has 2 aromatic carbocycles. The van der Waals surface area contributed by atoms with Gasteiger partial charge in [0.2, 0.25) is 0 Å². The lowest BCUT2D eigenvalue weighted by atomic mass is 9.63. The quantitative estimate of drug-likeness (QED) is 0.590. The SMILES string of the molecule is CC1(C)CCC(C)(C)c2cc(/C=N/Nc3ccc(C(=O)O)cc3)ccc21. The van der Waals surface area contributed by atoms with Crippen molar-refractivity contribution < 1.29 is 9.90 Å². The van der Waals surface area contributed by atoms with Crippen LogP contribution in [0.4, 0.5) is 5.69 Å². The van der Waals surface area contributed by atoms with E-state index in [2.05, 4.69) is 56.4 Å². The van der Waals surface area contributed by atoms with Crippen LogP contribution in [0.5, 0.6) is 0 Å². The highest BCUT2D eigenvalue weighted by Crippen LogP contribution is 2.45. The van der Waals surface area contributed by atoms with Crippen molar-refractivity contribution >= 4 is 17.9 Å². The third-order valence-electron chi connectivity index (χ3n) is 5.42. The molecule has 0 fully saturated rings. The molecular weight excluding hydrogens is 324 g/mol. The fourth-order valence-electron chi connectivity index (χ4n) is 3.56. The first-order valence-electron chi connectivity index (χ1n) is 8.96. The maximum atomic E-state index is 10.9. The minimum atomic E-state index is -0.931. The van der Waals surface area contributed by atoms with E-state index in [9.17, 15) is 4.79 Å². The Labute approximate surface area is 155 Å². The molecule has 0 atom stereocenters. The molecule has 0 saturated heterocycles. The summed E-state index contributed by atoms with van der Waals surface area (Å²) in [4.78, 5) is 10.9. The van der Waals surface area contributed by atoms with Crippen molar-refractivity contribution in [2.24, 2.45) is 5.10 Å². The average Bonchev–Trinajstić information content (AvgIpc) is 2.59. The molecule has 0 heterocycles. The molecule has 4 heteroatoms. The number of hydrogen-bond acceptors (Lipinski definition) is 3. The van der Waals surface area contributed by atoms with Crippen molar-refractivity contribution in [3.63, 3.8) is 0 Å². The second kappa shape index (κ2) is 6.60. The van der Waals surface area contributed by atoms with Gasteiger partial charge in [0.15, 0.2) is 0 Å². The molecule has 3 rings (SSSR count). The minimum Gasteiger partial charge on any atom is -0.478 e. The van der Waals surface area contributed by atoms with Gasteiger partial charge in [0.05, 0.1) is 17.5 Å². The Hall–Kier alpha value is -2.62. The molecule has 0 radical (unpaired) electrons. The number of benzene rings is 2. The second-order valence-electron chi connectivity index (χ2n) is 8.33. The summed E-state index contributed by atoms with van der Waals surface area (Å²) in [5.74, 6) is -0.931. The van der Waals surface area contributed by atoms with Crippen LogP contribution in [-0.4, -0.2) is 17.3 Å². The van der Waals surface area contributed by atoms with Crippen molar-refractivity contribution in [3.05, 3.63) is 64.7 Å². The zero-order valence-corrected chi connectivity index (χ0v) is 15.8. The molecular formula is C22H26N2O2. The van der Waals surface area contributed by atoms with E-state index in [0.29, 0.717) is 0 Å². The molecule has 1 aliphatic rings. The van der Waals surface area contributed by atoms with Crippen molar-refractivity contribution in [3.8, 4) is 0 Å². The van der Waals surface area contributed by atoms with E-state index in [1.54, 1.807) is 24.3 Å². The molecule has 2 N–H and O–H groups in total. The molecule has 0 aliphatic heterocycles. The van der Waals surface area contributed by atoms with Gasteiger partial charge in [-0.2, -0.15) is 5.10 Å². The Morgan fingerprint density at radius 3 is 2.23 bits per heavy atom. The van der Waals surface area contributed by atoms with E-state index in [-0.39, 0.29) is 16.4 Å². The summed E-state index contributed by atoms with van der Waals surface area (Å²) in [7, 11) is 0. The van der Waals surface area contributed by atoms with Crippen molar-refractivity contribution in [1.82, 2.24) is 0 Å². The third-order valence-corrected chi connectivity index (χ3v) is 5.42. The Bertz CT molecular complexity index is 849. The van der Waals surface area contributed by atoms with Gasteiger partial charge in [-0.15, -0.1) is 0 Å². The van der Waals surface area contributed by atoms with Gasteiger partial charge in [-0.1, -0.05) is 39.8 Å². The normalized spacial score (nSPS) is 17.7. The van der Waals surface area contributed by atoms with Gasteiger partial charge in [0.25, 0.3) is 0 Å². The lowest BCUT2D eigenvalue weighted by molar-refractivity contribution is 0.0697. The molecule has 136 valence electrons. The lowest BCUT2D eigenvalue weighted by Crippen LogP contribution is -2.33. The monoisotopic (exact) mass is 350 g/mol. The van der Waals surface area contributed by atoms with E-state index in [1.165, 1.54) is 24.0 Å². The summed E-state index contributed by atoms with van der Waals surface area (Å²) >= 11 is 0. The first kappa shape index (κ1) is 18.2. The largest absolute Gasteiger partial charge is 0.478 e. The number of nitrogens with zero attached hydrogens (tertiary/aromatic N) is 1. The minimum absolute atomic E-state index is 0.175. The van der Waals surface area contributed by atoms with Crippen LogP contribution in [-0.2, 0) is 10.8 Å². The number of hydrazone groups is 1. The van der Waals surface area contributed by atoms with Gasteiger partial charge in [0.1, 0.15) is 0 Å². The van der Waals surface area contributed by atoms with E-state index in [1.807, 2.05) is 6.21 Å². The highest BCUT2D eigenvalue weighted by Gasteiger charge is 2.36. The van der Waals surface area contributed by atoms with E-state index in [0.717, 1.165) is 11.3 Å². The number of carbonyl (C=O) groups is 1. The molecule has 0 unspecified atom stereocenters. The van der Waals surface area contributed by atoms with Crippen LogP contribution in [0.15, 0.2) is 47.6 Å². The fraction of sp³-hybridized carbons (Fsp3) is 0.364. The Morgan fingerprint density at radius 2 is 1.62 bits per heavy atom. The van der Waals surface area contributed by atoms with Crippen LogP contribution in [0, 0.1) is 0 Å². The maximum Gasteiger partial charge on any atom is 0.335 e. The topological polar surface area (TPSA) is 61.7 Å². The standard InChI is InChI=1S/C22H26N2O2/c1-21(2)11-12-22(3,4)19-13-15(5-10-18(19)21)14-23-24-17-8-6-16(7-9-17)20(25)26/h5-10,13-14,24H,11-12H2,1-4H3,(H,25,26)/b23-14+. The van der Waals surface area contributed by atoms with Crippen LogP contribution in [0.3, 0.4) is 0 Å². The highest BCUT2D eigenvalue weighted by molar-refractivity contribution is 5.88.